The van der Waals surface area contributed by atoms with Gasteiger partial charge in [0.05, 0.1) is 18.6 Å². The molecule has 116 valence electrons. The van der Waals surface area contributed by atoms with Crippen molar-refractivity contribution in [2.75, 3.05) is 13.1 Å². The highest BCUT2D eigenvalue weighted by Gasteiger charge is 2.33. The first-order chi connectivity index (χ1) is 10.0. The lowest BCUT2D eigenvalue weighted by atomic mass is 10.0. The predicted octanol–water partition coefficient (Wildman–Crippen LogP) is 2.00. The van der Waals surface area contributed by atoms with Crippen LogP contribution in [0.2, 0.25) is 0 Å². The van der Waals surface area contributed by atoms with Crippen molar-refractivity contribution >= 4 is 5.91 Å². The number of aliphatic hydroxyl groups is 1. The van der Waals surface area contributed by atoms with Gasteiger partial charge >= 0.3 is 0 Å². The van der Waals surface area contributed by atoms with Crippen molar-refractivity contribution in [3.05, 3.63) is 35.4 Å². The zero-order chi connectivity index (χ0) is 15.4. The van der Waals surface area contributed by atoms with Crippen LogP contribution >= 0.6 is 0 Å². The van der Waals surface area contributed by atoms with Gasteiger partial charge in [0.1, 0.15) is 0 Å². The van der Waals surface area contributed by atoms with Gasteiger partial charge in [0.15, 0.2) is 0 Å². The predicted molar refractivity (Wildman–Crippen MR) is 83.7 cm³/mol. The van der Waals surface area contributed by atoms with Crippen molar-refractivity contribution < 1.29 is 9.90 Å². The highest BCUT2D eigenvalue weighted by molar-refractivity contribution is 5.80. The lowest BCUT2D eigenvalue weighted by Crippen LogP contribution is -2.43. The zero-order valence-electron chi connectivity index (χ0n) is 13.0. The number of amides is 1. The number of hydrogen-bond donors (Lipinski definition) is 2. The number of aliphatic hydroxyl groups excluding tert-OH is 1. The third-order valence-electron chi connectivity index (χ3n) is 4.44. The third-order valence-corrected chi connectivity index (χ3v) is 4.44. The summed E-state index contributed by atoms with van der Waals surface area (Å²) < 4.78 is 0. The molecule has 1 amide bonds. The van der Waals surface area contributed by atoms with Gasteiger partial charge < -0.3 is 15.7 Å². The molecule has 0 bridgehead atoms. The number of carbonyl (C=O) groups is 1. The first kappa shape index (κ1) is 16.0. The topological polar surface area (TPSA) is 66.6 Å². The van der Waals surface area contributed by atoms with Crippen LogP contribution in [0.3, 0.4) is 0 Å². The minimum atomic E-state index is -0.646. The second-order valence-corrected chi connectivity index (χ2v) is 6.00. The van der Waals surface area contributed by atoms with Gasteiger partial charge in [-0.3, -0.25) is 4.79 Å². The van der Waals surface area contributed by atoms with E-state index < -0.39 is 6.10 Å². The molecule has 4 heteroatoms. The second kappa shape index (κ2) is 7.05. The van der Waals surface area contributed by atoms with Gasteiger partial charge in [0.2, 0.25) is 5.91 Å². The number of nitrogens with two attached hydrogens (primary N) is 1. The molecular formula is C17H26N2O2. The minimum absolute atomic E-state index is 0.0249. The van der Waals surface area contributed by atoms with Crippen LogP contribution in [0.4, 0.5) is 0 Å². The average molecular weight is 290 g/mol. The van der Waals surface area contributed by atoms with Gasteiger partial charge in [0, 0.05) is 12.6 Å². The molecule has 3 atom stereocenters. The van der Waals surface area contributed by atoms with Crippen molar-refractivity contribution in [1.29, 1.82) is 0 Å². The number of benzene rings is 1. The fourth-order valence-corrected chi connectivity index (χ4v) is 3.01. The Kier molecular flexibility index (Phi) is 5.37. The lowest BCUT2D eigenvalue weighted by molar-refractivity contribution is -0.137. The van der Waals surface area contributed by atoms with Gasteiger partial charge in [-0.2, -0.15) is 0 Å². The largest absolute Gasteiger partial charge is 0.387 e. The summed E-state index contributed by atoms with van der Waals surface area (Å²) in [5.74, 6) is 0.0174. The van der Waals surface area contributed by atoms with Gasteiger partial charge in [0.25, 0.3) is 0 Å². The fraction of sp³-hybridized carbons (Fsp3) is 0.588. The van der Waals surface area contributed by atoms with Gasteiger partial charge in [-0.05, 0) is 32.3 Å². The van der Waals surface area contributed by atoms with E-state index in [1.54, 1.807) is 4.90 Å². The maximum atomic E-state index is 12.5. The summed E-state index contributed by atoms with van der Waals surface area (Å²) in [5.41, 5.74) is 8.03. The molecule has 0 aromatic heterocycles. The molecule has 3 unspecified atom stereocenters. The Hall–Kier alpha value is -1.39. The van der Waals surface area contributed by atoms with Crippen LogP contribution in [-0.4, -0.2) is 35.0 Å². The minimum Gasteiger partial charge on any atom is -0.387 e. The molecule has 0 radical (unpaired) electrons. The van der Waals surface area contributed by atoms with E-state index in [0.29, 0.717) is 13.1 Å². The molecular weight excluding hydrogens is 264 g/mol. The maximum absolute atomic E-state index is 12.5. The number of hydrogen-bond acceptors (Lipinski definition) is 3. The molecule has 1 aromatic carbocycles. The van der Waals surface area contributed by atoms with E-state index in [1.165, 1.54) is 0 Å². The molecule has 1 fully saturated rings. The average Bonchev–Trinajstić information content (AvgIpc) is 2.90. The number of nitrogens with zero attached hydrogens (tertiary/aromatic N) is 1. The van der Waals surface area contributed by atoms with E-state index in [1.807, 2.05) is 38.1 Å². The molecule has 21 heavy (non-hydrogen) atoms. The van der Waals surface area contributed by atoms with E-state index in [0.717, 1.165) is 30.4 Å². The summed E-state index contributed by atoms with van der Waals surface area (Å²) in [4.78, 5) is 14.3. The van der Waals surface area contributed by atoms with E-state index in [2.05, 4.69) is 0 Å². The fourth-order valence-electron chi connectivity index (χ4n) is 3.01. The first-order valence-corrected chi connectivity index (χ1v) is 7.82. The molecule has 0 heterocycles. The highest BCUT2D eigenvalue weighted by atomic mass is 16.3. The smallest absolute Gasteiger partial charge is 0.227 e. The lowest BCUT2D eigenvalue weighted by Gasteiger charge is -2.28. The molecule has 4 nitrogen and oxygen atoms in total. The monoisotopic (exact) mass is 290 g/mol. The summed E-state index contributed by atoms with van der Waals surface area (Å²) in [5, 5.41) is 10.3. The van der Waals surface area contributed by atoms with E-state index in [9.17, 15) is 9.90 Å². The van der Waals surface area contributed by atoms with Gasteiger partial charge in [-0.1, -0.05) is 36.2 Å². The normalized spacial score (nSPS) is 23.0. The first-order valence-electron chi connectivity index (χ1n) is 7.82. The van der Waals surface area contributed by atoms with Crippen LogP contribution in [0.25, 0.3) is 0 Å². The molecule has 2 rings (SSSR count). The van der Waals surface area contributed by atoms with Crippen LogP contribution in [-0.2, 0) is 4.79 Å². The second-order valence-electron chi connectivity index (χ2n) is 6.00. The zero-order valence-corrected chi connectivity index (χ0v) is 13.0. The molecule has 1 saturated carbocycles. The van der Waals surface area contributed by atoms with Crippen LogP contribution < -0.4 is 5.73 Å². The number of aryl methyl sites for hydroxylation is 1. The van der Waals surface area contributed by atoms with E-state index >= 15 is 0 Å². The van der Waals surface area contributed by atoms with Gasteiger partial charge in [-0.25, -0.2) is 0 Å². The molecule has 0 spiro atoms. The Balaban J connectivity index is 2.01. The molecule has 0 aliphatic heterocycles. The quantitative estimate of drug-likeness (QED) is 0.871. The molecule has 0 saturated heterocycles. The van der Waals surface area contributed by atoms with Crippen LogP contribution in [0.5, 0.6) is 0 Å². The molecule has 1 aliphatic carbocycles. The standard InChI is InChI=1S/C17H26N2O2/c1-3-19(17(21)14-5-4-6-15(14)18)11-16(20)13-9-7-12(2)8-10-13/h7-10,14-16,20H,3-6,11,18H2,1-2H3. The van der Waals surface area contributed by atoms with Crippen LogP contribution in [0.1, 0.15) is 43.4 Å². The SMILES string of the molecule is CCN(CC(O)c1ccc(C)cc1)C(=O)C1CCCC1N. The Morgan fingerprint density at radius 1 is 1.38 bits per heavy atom. The van der Waals surface area contributed by atoms with Gasteiger partial charge in [-0.15, -0.1) is 0 Å². The Morgan fingerprint density at radius 2 is 2.05 bits per heavy atom. The Labute approximate surface area is 126 Å². The summed E-state index contributed by atoms with van der Waals surface area (Å²) in [6.07, 6.45) is 2.17. The summed E-state index contributed by atoms with van der Waals surface area (Å²) in [6, 6.07) is 7.76. The van der Waals surface area contributed by atoms with Crippen LogP contribution in [0.15, 0.2) is 24.3 Å². The van der Waals surface area contributed by atoms with Crippen molar-refractivity contribution in [1.82, 2.24) is 4.90 Å². The highest BCUT2D eigenvalue weighted by Crippen LogP contribution is 2.26. The summed E-state index contributed by atoms with van der Waals surface area (Å²) >= 11 is 0. The summed E-state index contributed by atoms with van der Waals surface area (Å²) in [7, 11) is 0. The summed E-state index contributed by atoms with van der Waals surface area (Å²) in [6.45, 7) is 4.90. The maximum Gasteiger partial charge on any atom is 0.227 e. The van der Waals surface area contributed by atoms with Crippen molar-refractivity contribution in [2.24, 2.45) is 11.7 Å². The molecule has 1 aromatic rings. The molecule has 1 aliphatic rings. The molecule has 3 N–H and O–H groups in total. The van der Waals surface area contributed by atoms with E-state index in [-0.39, 0.29) is 17.9 Å². The van der Waals surface area contributed by atoms with Crippen molar-refractivity contribution in [3.8, 4) is 0 Å². The third kappa shape index (κ3) is 3.83. The van der Waals surface area contributed by atoms with Crippen molar-refractivity contribution in [3.63, 3.8) is 0 Å². The Morgan fingerprint density at radius 3 is 2.57 bits per heavy atom. The number of carbonyl (C=O) groups excluding carboxylic acids is 1. The van der Waals surface area contributed by atoms with E-state index in [4.69, 9.17) is 5.73 Å². The number of rotatable bonds is 5. The van der Waals surface area contributed by atoms with Crippen molar-refractivity contribution in [2.45, 2.75) is 45.3 Å². The number of likely N-dealkylation sites (N-methyl/N-ethyl adjacent to an activating group) is 1. The van der Waals surface area contributed by atoms with Crippen LogP contribution in [0, 0.1) is 12.8 Å². The Bertz CT molecular complexity index is 472.